The van der Waals surface area contributed by atoms with Gasteiger partial charge in [0.2, 0.25) is 5.88 Å². The lowest BCUT2D eigenvalue weighted by Crippen LogP contribution is -2.34. The number of nitrogens with zero attached hydrogens (tertiary/aromatic N) is 3. The quantitative estimate of drug-likeness (QED) is 0.729. The summed E-state index contributed by atoms with van der Waals surface area (Å²) in [6, 6.07) is -0.843. The average Bonchev–Trinajstić information content (AvgIpc) is 2.75. The summed E-state index contributed by atoms with van der Waals surface area (Å²) in [6.45, 7) is 9.08. The highest BCUT2D eigenvalue weighted by Crippen LogP contribution is 2.21. The lowest BCUT2D eigenvalue weighted by molar-refractivity contribution is -0.141. The van der Waals surface area contributed by atoms with E-state index in [1.165, 1.54) is 4.68 Å². The summed E-state index contributed by atoms with van der Waals surface area (Å²) in [5.74, 6) is -0.723. The minimum atomic E-state index is -1.01. The molecule has 23 heavy (non-hydrogen) atoms. The summed E-state index contributed by atoms with van der Waals surface area (Å²) in [5, 5.41) is 19.4. The van der Waals surface area contributed by atoms with Gasteiger partial charge in [-0.25, -0.2) is 9.59 Å². The van der Waals surface area contributed by atoms with E-state index >= 15 is 0 Å². The maximum absolute atomic E-state index is 11.5. The van der Waals surface area contributed by atoms with E-state index in [0.29, 0.717) is 12.1 Å². The minimum absolute atomic E-state index is 0.142. The van der Waals surface area contributed by atoms with Crippen molar-refractivity contribution in [1.29, 1.82) is 0 Å². The number of aromatic nitrogens is 3. The summed E-state index contributed by atoms with van der Waals surface area (Å²) in [4.78, 5) is 22.7. The Morgan fingerprint density at radius 3 is 2.57 bits per heavy atom. The van der Waals surface area contributed by atoms with Gasteiger partial charge in [0, 0.05) is 0 Å². The number of nitrogens with one attached hydrogen (secondary N) is 1. The number of hydrogen-bond acceptors (Lipinski definition) is 6. The summed E-state index contributed by atoms with van der Waals surface area (Å²) in [7, 11) is 0. The Balaban J connectivity index is 2.57. The molecule has 1 atom stereocenters. The highest BCUT2D eigenvalue weighted by atomic mass is 16.6. The molecule has 0 aliphatic heterocycles. The summed E-state index contributed by atoms with van der Waals surface area (Å²) in [5.41, 5.74) is -0.0816. The number of carboxylic acids is 1. The fraction of sp³-hybridized carbons (Fsp3) is 0.714. The number of carbonyl (C=O) groups is 2. The van der Waals surface area contributed by atoms with Crippen molar-refractivity contribution in [3.63, 3.8) is 0 Å². The Morgan fingerprint density at radius 1 is 1.39 bits per heavy atom. The van der Waals surface area contributed by atoms with E-state index in [-0.39, 0.29) is 19.0 Å². The van der Waals surface area contributed by atoms with Crippen molar-refractivity contribution in [1.82, 2.24) is 20.3 Å². The van der Waals surface area contributed by atoms with E-state index in [4.69, 9.17) is 9.47 Å². The molecular formula is C14H24N4O5. The van der Waals surface area contributed by atoms with E-state index in [0.717, 1.165) is 0 Å². The lowest BCUT2D eigenvalue weighted by atomic mass is 10.2. The van der Waals surface area contributed by atoms with Gasteiger partial charge in [-0.3, -0.25) is 0 Å². The maximum Gasteiger partial charge on any atom is 0.407 e. The molecule has 0 saturated heterocycles. The predicted octanol–water partition coefficient (Wildman–Crippen LogP) is 1.53. The fourth-order valence-electron chi connectivity index (χ4n) is 1.81. The highest BCUT2D eigenvalue weighted by Gasteiger charge is 2.24. The van der Waals surface area contributed by atoms with Crippen molar-refractivity contribution in [2.75, 3.05) is 13.2 Å². The van der Waals surface area contributed by atoms with Crippen LogP contribution in [0.1, 0.15) is 45.9 Å². The molecule has 1 aromatic heterocycles. The number of carboxylic acid groups (broad SMARTS) is 1. The molecule has 0 saturated carbocycles. The van der Waals surface area contributed by atoms with Crippen LogP contribution >= 0.6 is 0 Å². The first-order valence-corrected chi connectivity index (χ1v) is 7.40. The topological polar surface area (TPSA) is 116 Å². The van der Waals surface area contributed by atoms with Crippen LogP contribution in [0.4, 0.5) is 4.79 Å². The molecule has 130 valence electrons. The van der Waals surface area contributed by atoms with Crippen LogP contribution in [-0.4, -0.2) is 50.9 Å². The molecule has 0 spiro atoms. The average molecular weight is 328 g/mol. The normalized spacial score (nSPS) is 12.6. The van der Waals surface area contributed by atoms with E-state index < -0.39 is 23.7 Å². The zero-order chi connectivity index (χ0) is 17.6. The van der Waals surface area contributed by atoms with Gasteiger partial charge < -0.3 is 19.9 Å². The van der Waals surface area contributed by atoms with Gasteiger partial charge in [0.1, 0.15) is 17.9 Å². The van der Waals surface area contributed by atoms with Gasteiger partial charge in [-0.2, -0.15) is 4.68 Å². The van der Waals surface area contributed by atoms with Crippen molar-refractivity contribution in [2.45, 2.75) is 52.7 Å². The van der Waals surface area contributed by atoms with Crippen LogP contribution in [0.25, 0.3) is 0 Å². The van der Waals surface area contributed by atoms with Gasteiger partial charge >= 0.3 is 12.1 Å². The van der Waals surface area contributed by atoms with Crippen LogP contribution in [0.15, 0.2) is 0 Å². The van der Waals surface area contributed by atoms with Crippen LogP contribution in [-0.2, 0) is 9.53 Å². The van der Waals surface area contributed by atoms with Crippen LogP contribution in [0.5, 0.6) is 5.88 Å². The van der Waals surface area contributed by atoms with Crippen LogP contribution in [0, 0.1) is 6.92 Å². The molecular weight excluding hydrogens is 304 g/mol. The second-order valence-corrected chi connectivity index (χ2v) is 5.96. The predicted molar refractivity (Wildman–Crippen MR) is 81.5 cm³/mol. The monoisotopic (exact) mass is 328 g/mol. The van der Waals surface area contributed by atoms with Gasteiger partial charge in [-0.15, -0.1) is 5.10 Å². The number of carbonyl (C=O) groups excluding carboxylic acids is 1. The molecule has 0 aliphatic rings. The Labute approximate surface area is 135 Å². The van der Waals surface area contributed by atoms with E-state index in [1.54, 1.807) is 34.6 Å². The zero-order valence-corrected chi connectivity index (χ0v) is 14.1. The van der Waals surface area contributed by atoms with Gasteiger partial charge in [-0.1, -0.05) is 12.1 Å². The van der Waals surface area contributed by atoms with E-state index in [9.17, 15) is 14.7 Å². The van der Waals surface area contributed by atoms with Crippen molar-refractivity contribution in [3.8, 4) is 5.88 Å². The lowest BCUT2D eigenvalue weighted by Gasteiger charge is -2.19. The molecule has 1 amide bonds. The van der Waals surface area contributed by atoms with Gasteiger partial charge in [-0.05, 0) is 34.1 Å². The van der Waals surface area contributed by atoms with Crippen LogP contribution in [0.2, 0.25) is 0 Å². The number of ether oxygens (including phenoxy) is 2. The minimum Gasteiger partial charge on any atom is -0.480 e. The second kappa shape index (κ2) is 7.80. The summed E-state index contributed by atoms with van der Waals surface area (Å²) >= 11 is 0. The molecule has 9 nitrogen and oxygen atoms in total. The molecule has 0 aromatic carbocycles. The van der Waals surface area contributed by atoms with Gasteiger partial charge in [0.25, 0.3) is 0 Å². The van der Waals surface area contributed by atoms with Crippen molar-refractivity contribution < 1.29 is 24.2 Å². The van der Waals surface area contributed by atoms with Crippen molar-refractivity contribution >= 4 is 12.1 Å². The van der Waals surface area contributed by atoms with Gasteiger partial charge in [0.15, 0.2) is 6.04 Å². The molecule has 0 fully saturated rings. The van der Waals surface area contributed by atoms with Gasteiger partial charge in [0.05, 0.1) is 6.54 Å². The second-order valence-electron chi connectivity index (χ2n) is 5.96. The third-order valence-electron chi connectivity index (χ3n) is 2.78. The number of amides is 1. The van der Waals surface area contributed by atoms with E-state index in [2.05, 4.69) is 15.6 Å². The fourth-order valence-corrected chi connectivity index (χ4v) is 1.81. The Bertz CT molecular complexity index is 550. The Morgan fingerprint density at radius 2 is 2.04 bits per heavy atom. The molecule has 9 heteroatoms. The SMILES string of the molecule is CCC(C(=O)O)n1nnc(C)c1OCCNC(=O)OC(C)(C)C. The van der Waals surface area contributed by atoms with E-state index in [1.807, 2.05) is 0 Å². The molecule has 1 unspecified atom stereocenters. The zero-order valence-electron chi connectivity index (χ0n) is 14.1. The Hall–Kier alpha value is -2.32. The largest absolute Gasteiger partial charge is 0.480 e. The van der Waals surface area contributed by atoms with Crippen LogP contribution < -0.4 is 10.1 Å². The third-order valence-corrected chi connectivity index (χ3v) is 2.78. The first-order chi connectivity index (χ1) is 10.7. The van der Waals surface area contributed by atoms with Crippen molar-refractivity contribution in [3.05, 3.63) is 5.69 Å². The van der Waals surface area contributed by atoms with Crippen LogP contribution in [0.3, 0.4) is 0 Å². The molecule has 0 aliphatic carbocycles. The summed E-state index contributed by atoms with van der Waals surface area (Å²) < 4.78 is 11.9. The molecule has 0 bridgehead atoms. The first-order valence-electron chi connectivity index (χ1n) is 7.40. The number of aryl methyl sites for hydroxylation is 1. The first kappa shape index (κ1) is 18.7. The molecule has 1 heterocycles. The maximum atomic E-state index is 11.5. The molecule has 2 N–H and O–H groups in total. The highest BCUT2D eigenvalue weighted by molar-refractivity contribution is 5.71. The standard InChI is InChI=1S/C14H24N4O5/c1-6-10(12(19)20)18-11(9(2)16-17-18)22-8-7-15-13(21)23-14(3,4)5/h10H,6-8H2,1-5H3,(H,15,21)(H,19,20). The molecule has 0 radical (unpaired) electrons. The number of aliphatic carboxylic acids is 1. The summed E-state index contributed by atoms with van der Waals surface area (Å²) in [6.07, 6.45) is -0.189. The number of rotatable bonds is 7. The Kier molecular flexibility index (Phi) is 6.35. The number of hydrogen-bond donors (Lipinski definition) is 2. The van der Waals surface area contributed by atoms with Crippen molar-refractivity contribution in [2.24, 2.45) is 0 Å². The number of alkyl carbamates (subject to hydrolysis) is 1. The third kappa shape index (κ3) is 5.76. The molecule has 1 aromatic rings. The molecule has 1 rings (SSSR count). The smallest absolute Gasteiger partial charge is 0.407 e.